The Balaban J connectivity index is 2.03. The van der Waals surface area contributed by atoms with Crippen molar-refractivity contribution in [3.63, 3.8) is 0 Å². The lowest BCUT2D eigenvalue weighted by Crippen LogP contribution is -2.38. The Kier molecular flexibility index (Phi) is 6.15. The van der Waals surface area contributed by atoms with E-state index in [2.05, 4.69) is 11.8 Å². The number of β-amino-alcohol motifs (C(OH)–C–C–N with tert-alkyl or cyclic N) is 1. The predicted molar refractivity (Wildman–Crippen MR) is 57.4 cm³/mol. The molecule has 1 heterocycles. The highest BCUT2D eigenvalue weighted by Crippen LogP contribution is 2.08. The summed E-state index contributed by atoms with van der Waals surface area (Å²) in [5, 5.41) is 9.66. The fourth-order valence-corrected chi connectivity index (χ4v) is 1.86. The van der Waals surface area contributed by atoms with Gasteiger partial charge in [-0.2, -0.15) is 0 Å². The number of nitrogens with zero attached hydrogens (tertiary/aromatic N) is 1. The molecule has 1 N–H and O–H groups in total. The monoisotopic (exact) mass is 201 g/mol. The van der Waals surface area contributed by atoms with Crippen molar-refractivity contribution in [2.75, 3.05) is 32.8 Å². The molecule has 1 aliphatic heterocycles. The summed E-state index contributed by atoms with van der Waals surface area (Å²) in [7, 11) is 0. The molecule has 0 aromatic carbocycles. The van der Waals surface area contributed by atoms with Gasteiger partial charge in [0.05, 0.1) is 12.7 Å². The molecule has 14 heavy (non-hydrogen) atoms. The second-order valence-electron chi connectivity index (χ2n) is 4.09. The topological polar surface area (TPSA) is 32.7 Å². The quantitative estimate of drug-likeness (QED) is 0.657. The van der Waals surface area contributed by atoms with Crippen molar-refractivity contribution in [1.29, 1.82) is 0 Å². The Hall–Kier alpha value is -0.120. The Morgan fingerprint density at radius 3 is 2.64 bits per heavy atom. The third-order valence-electron chi connectivity index (χ3n) is 2.58. The van der Waals surface area contributed by atoms with Crippen molar-refractivity contribution in [2.24, 2.45) is 0 Å². The molecule has 0 amide bonds. The Labute approximate surface area is 87.1 Å². The van der Waals surface area contributed by atoms with Crippen LogP contribution < -0.4 is 0 Å². The van der Waals surface area contributed by atoms with E-state index in [9.17, 15) is 5.11 Å². The highest BCUT2D eigenvalue weighted by Gasteiger charge is 2.14. The number of likely N-dealkylation sites (tertiary alicyclic amines) is 1. The molecule has 0 aromatic rings. The normalized spacial score (nSPS) is 21.0. The first-order chi connectivity index (χ1) is 6.83. The number of hydrogen-bond acceptors (Lipinski definition) is 3. The molecule has 0 saturated carbocycles. The van der Waals surface area contributed by atoms with Crippen LogP contribution in [0.1, 0.15) is 32.6 Å². The molecule has 84 valence electrons. The zero-order valence-electron chi connectivity index (χ0n) is 9.24. The third kappa shape index (κ3) is 4.94. The van der Waals surface area contributed by atoms with Crippen molar-refractivity contribution in [1.82, 2.24) is 4.90 Å². The van der Waals surface area contributed by atoms with E-state index < -0.39 is 0 Å². The van der Waals surface area contributed by atoms with Crippen LogP contribution in [0.3, 0.4) is 0 Å². The lowest BCUT2D eigenvalue weighted by atomic mass is 10.1. The van der Waals surface area contributed by atoms with Gasteiger partial charge in [-0.05, 0) is 32.4 Å². The number of rotatable bonds is 6. The molecule has 0 spiro atoms. The molecule has 1 aliphatic rings. The zero-order valence-corrected chi connectivity index (χ0v) is 9.24. The summed E-state index contributed by atoms with van der Waals surface area (Å²) in [5.74, 6) is 0. The first kappa shape index (κ1) is 12.0. The molecule has 0 aliphatic carbocycles. The van der Waals surface area contributed by atoms with E-state index in [0.717, 1.165) is 32.7 Å². The number of ether oxygens (including phenoxy) is 1. The third-order valence-corrected chi connectivity index (χ3v) is 2.58. The number of aliphatic hydroxyl groups excluding tert-OH is 1. The first-order valence-electron chi connectivity index (χ1n) is 5.81. The maximum absolute atomic E-state index is 9.66. The molecule has 3 nitrogen and oxygen atoms in total. The summed E-state index contributed by atoms with van der Waals surface area (Å²) in [5.41, 5.74) is 0. The summed E-state index contributed by atoms with van der Waals surface area (Å²) in [6, 6.07) is 0. The van der Waals surface area contributed by atoms with Crippen molar-refractivity contribution in [3.8, 4) is 0 Å². The summed E-state index contributed by atoms with van der Waals surface area (Å²) in [6.45, 7) is 6.40. The molecule has 1 atom stereocenters. The maximum atomic E-state index is 9.66. The second-order valence-corrected chi connectivity index (χ2v) is 4.09. The van der Waals surface area contributed by atoms with Crippen LogP contribution in [0, 0.1) is 0 Å². The van der Waals surface area contributed by atoms with Gasteiger partial charge in [0, 0.05) is 13.2 Å². The van der Waals surface area contributed by atoms with Gasteiger partial charge in [-0.3, -0.25) is 0 Å². The van der Waals surface area contributed by atoms with Gasteiger partial charge >= 0.3 is 0 Å². The number of hydrogen-bond donors (Lipinski definition) is 1. The molecular formula is C11H23NO2. The Morgan fingerprint density at radius 2 is 2.00 bits per heavy atom. The van der Waals surface area contributed by atoms with Gasteiger partial charge in [0.15, 0.2) is 0 Å². The van der Waals surface area contributed by atoms with Gasteiger partial charge in [-0.15, -0.1) is 0 Å². The maximum Gasteiger partial charge on any atom is 0.0900 e. The molecule has 0 bridgehead atoms. The highest BCUT2D eigenvalue weighted by atomic mass is 16.5. The lowest BCUT2D eigenvalue weighted by molar-refractivity contribution is 0.0138. The average Bonchev–Trinajstić information content (AvgIpc) is 2.20. The van der Waals surface area contributed by atoms with Crippen LogP contribution in [0.4, 0.5) is 0 Å². The van der Waals surface area contributed by atoms with E-state index in [4.69, 9.17) is 4.74 Å². The molecular weight excluding hydrogens is 178 g/mol. The molecule has 0 unspecified atom stereocenters. The van der Waals surface area contributed by atoms with Crippen molar-refractivity contribution < 1.29 is 9.84 Å². The Morgan fingerprint density at radius 1 is 1.29 bits per heavy atom. The molecule has 1 rings (SSSR count). The van der Waals surface area contributed by atoms with Gasteiger partial charge in [0.1, 0.15) is 0 Å². The molecule has 0 aromatic heterocycles. The van der Waals surface area contributed by atoms with Crippen LogP contribution in [0.2, 0.25) is 0 Å². The molecule has 3 heteroatoms. The standard InChI is InChI=1S/C11H23NO2/c1-2-8-14-10-11(13)9-12-6-4-3-5-7-12/h11,13H,2-10H2,1H3/t11-/m0/s1. The van der Waals surface area contributed by atoms with E-state index >= 15 is 0 Å². The smallest absolute Gasteiger partial charge is 0.0900 e. The van der Waals surface area contributed by atoms with Crippen LogP contribution in [-0.4, -0.2) is 49.0 Å². The van der Waals surface area contributed by atoms with Crippen LogP contribution in [0.5, 0.6) is 0 Å². The van der Waals surface area contributed by atoms with Gasteiger partial charge in [-0.1, -0.05) is 13.3 Å². The van der Waals surface area contributed by atoms with E-state index in [0.29, 0.717) is 6.61 Å². The van der Waals surface area contributed by atoms with Crippen molar-refractivity contribution in [3.05, 3.63) is 0 Å². The molecule has 1 fully saturated rings. The fraction of sp³-hybridized carbons (Fsp3) is 1.00. The minimum absolute atomic E-state index is 0.306. The largest absolute Gasteiger partial charge is 0.389 e. The van der Waals surface area contributed by atoms with E-state index in [1.54, 1.807) is 0 Å². The Bertz CT molecular complexity index is 135. The SMILES string of the molecule is CCCOC[C@@H](O)CN1CCCCC1. The number of aliphatic hydroxyl groups is 1. The van der Waals surface area contributed by atoms with E-state index in [1.165, 1.54) is 19.3 Å². The first-order valence-corrected chi connectivity index (χ1v) is 5.81. The van der Waals surface area contributed by atoms with E-state index in [-0.39, 0.29) is 6.10 Å². The molecule has 1 saturated heterocycles. The van der Waals surface area contributed by atoms with Gasteiger partial charge in [-0.25, -0.2) is 0 Å². The summed E-state index contributed by atoms with van der Waals surface area (Å²) < 4.78 is 5.31. The highest BCUT2D eigenvalue weighted by molar-refractivity contribution is 4.68. The van der Waals surface area contributed by atoms with Crippen LogP contribution in [0.25, 0.3) is 0 Å². The van der Waals surface area contributed by atoms with Gasteiger partial charge in [0.2, 0.25) is 0 Å². The number of piperidine rings is 1. The van der Waals surface area contributed by atoms with Crippen LogP contribution in [-0.2, 0) is 4.74 Å². The van der Waals surface area contributed by atoms with Crippen molar-refractivity contribution >= 4 is 0 Å². The predicted octanol–water partition coefficient (Wildman–Crippen LogP) is 1.26. The van der Waals surface area contributed by atoms with Gasteiger partial charge in [0.25, 0.3) is 0 Å². The summed E-state index contributed by atoms with van der Waals surface area (Å²) in [4.78, 5) is 2.34. The van der Waals surface area contributed by atoms with Crippen LogP contribution >= 0.6 is 0 Å². The minimum Gasteiger partial charge on any atom is -0.389 e. The van der Waals surface area contributed by atoms with Crippen LogP contribution in [0.15, 0.2) is 0 Å². The lowest BCUT2D eigenvalue weighted by Gasteiger charge is -2.28. The van der Waals surface area contributed by atoms with Gasteiger partial charge < -0.3 is 14.7 Å². The zero-order chi connectivity index (χ0) is 10.2. The van der Waals surface area contributed by atoms with Crippen molar-refractivity contribution in [2.45, 2.75) is 38.7 Å². The second kappa shape index (κ2) is 7.21. The summed E-state index contributed by atoms with van der Waals surface area (Å²) >= 11 is 0. The fourth-order valence-electron chi connectivity index (χ4n) is 1.86. The average molecular weight is 201 g/mol. The summed E-state index contributed by atoms with van der Waals surface area (Å²) in [6.07, 6.45) is 4.63. The minimum atomic E-state index is -0.306. The molecule has 0 radical (unpaired) electrons. The van der Waals surface area contributed by atoms with E-state index in [1.807, 2.05) is 0 Å².